The van der Waals surface area contributed by atoms with E-state index >= 15 is 0 Å². The molecule has 0 spiro atoms. The SMILES string of the molecule is CCCC(CCN1CCCC1)(CNC(=O)CN(CC)CC)c1cccc2ccccc12.Cl.Cl. The predicted octanol–water partition coefficient (Wildman–Crippen LogP) is 5.67. The Morgan fingerprint density at radius 1 is 0.970 bits per heavy atom. The van der Waals surface area contributed by atoms with Gasteiger partial charge in [0.25, 0.3) is 0 Å². The van der Waals surface area contributed by atoms with Crippen molar-refractivity contribution < 1.29 is 4.79 Å². The number of nitrogens with zero attached hydrogens (tertiary/aromatic N) is 2. The molecule has 0 aliphatic carbocycles. The van der Waals surface area contributed by atoms with Gasteiger partial charge in [-0.2, -0.15) is 0 Å². The lowest BCUT2D eigenvalue weighted by Gasteiger charge is -2.37. The minimum Gasteiger partial charge on any atom is -0.354 e. The van der Waals surface area contributed by atoms with E-state index in [0.717, 1.165) is 38.9 Å². The van der Waals surface area contributed by atoms with Crippen molar-refractivity contribution in [3.8, 4) is 0 Å². The third-order valence-corrected chi connectivity index (χ3v) is 7.08. The highest BCUT2D eigenvalue weighted by atomic mass is 35.5. The zero-order valence-electron chi connectivity index (χ0n) is 20.6. The van der Waals surface area contributed by atoms with Gasteiger partial charge in [0.15, 0.2) is 0 Å². The highest BCUT2D eigenvalue weighted by Gasteiger charge is 2.34. The monoisotopic (exact) mass is 495 g/mol. The third kappa shape index (κ3) is 7.85. The summed E-state index contributed by atoms with van der Waals surface area (Å²) in [5.41, 5.74) is 1.35. The zero-order chi connectivity index (χ0) is 22.1. The van der Waals surface area contributed by atoms with E-state index < -0.39 is 0 Å². The van der Waals surface area contributed by atoms with Gasteiger partial charge >= 0.3 is 0 Å². The van der Waals surface area contributed by atoms with E-state index in [-0.39, 0.29) is 36.1 Å². The molecule has 186 valence electrons. The Morgan fingerprint density at radius 3 is 2.30 bits per heavy atom. The van der Waals surface area contributed by atoms with Crippen molar-refractivity contribution in [2.45, 2.75) is 58.3 Å². The Hall–Kier alpha value is -1.33. The van der Waals surface area contributed by atoms with Crippen molar-refractivity contribution in [1.82, 2.24) is 15.1 Å². The van der Waals surface area contributed by atoms with Gasteiger partial charge in [-0.05, 0) is 74.7 Å². The normalized spacial score (nSPS) is 15.6. The van der Waals surface area contributed by atoms with Crippen LogP contribution in [0, 0.1) is 0 Å². The quantitative estimate of drug-likeness (QED) is 0.412. The van der Waals surface area contributed by atoms with Crippen molar-refractivity contribution >= 4 is 41.5 Å². The molecule has 1 fully saturated rings. The molecule has 1 saturated heterocycles. The Morgan fingerprint density at radius 2 is 1.64 bits per heavy atom. The minimum absolute atomic E-state index is 0. The summed E-state index contributed by atoms with van der Waals surface area (Å²) in [4.78, 5) is 17.6. The van der Waals surface area contributed by atoms with E-state index in [1.54, 1.807) is 0 Å². The highest BCUT2D eigenvalue weighted by molar-refractivity contribution is 5.87. The maximum Gasteiger partial charge on any atom is 0.234 e. The zero-order valence-corrected chi connectivity index (χ0v) is 22.3. The Labute approximate surface area is 213 Å². The molecule has 6 heteroatoms. The van der Waals surface area contributed by atoms with Crippen LogP contribution in [0.1, 0.15) is 58.4 Å². The number of amides is 1. The first-order chi connectivity index (χ1) is 15.1. The summed E-state index contributed by atoms with van der Waals surface area (Å²) < 4.78 is 0. The van der Waals surface area contributed by atoms with Crippen LogP contribution < -0.4 is 5.32 Å². The Balaban J connectivity index is 0.00000272. The van der Waals surface area contributed by atoms with Crippen LogP contribution in [0.25, 0.3) is 10.8 Å². The molecule has 2 aromatic rings. The van der Waals surface area contributed by atoms with Crippen molar-refractivity contribution in [3.63, 3.8) is 0 Å². The summed E-state index contributed by atoms with van der Waals surface area (Å²) in [6.07, 6.45) is 5.90. The van der Waals surface area contributed by atoms with Gasteiger partial charge in [0, 0.05) is 12.0 Å². The Bertz CT molecular complexity index is 832. The van der Waals surface area contributed by atoms with E-state index in [1.165, 1.54) is 42.3 Å². The molecule has 3 rings (SSSR count). The van der Waals surface area contributed by atoms with Crippen LogP contribution in [0.3, 0.4) is 0 Å². The number of rotatable bonds is 12. The average Bonchev–Trinajstić information content (AvgIpc) is 3.33. The largest absolute Gasteiger partial charge is 0.354 e. The lowest BCUT2D eigenvalue weighted by molar-refractivity contribution is -0.122. The topological polar surface area (TPSA) is 35.6 Å². The van der Waals surface area contributed by atoms with Crippen LogP contribution in [0.2, 0.25) is 0 Å². The summed E-state index contributed by atoms with van der Waals surface area (Å²) in [7, 11) is 0. The van der Waals surface area contributed by atoms with E-state index in [2.05, 4.69) is 78.4 Å². The van der Waals surface area contributed by atoms with E-state index in [1.807, 2.05) is 0 Å². The van der Waals surface area contributed by atoms with Crippen LogP contribution in [0.4, 0.5) is 0 Å². The Kier molecular flexibility index (Phi) is 13.3. The standard InChI is InChI=1S/C27H41N3O.2ClH/c1-4-16-27(17-20-30-18-9-10-19-30,22-28-26(31)21-29(5-2)6-3)25-15-11-13-23-12-7-8-14-24(23)25;;/h7-8,11-15H,4-6,9-10,16-22H2,1-3H3,(H,28,31);2*1H. The molecule has 0 radical (unpaired) electrons. The fourth-order valence-electron chi connectivity index (χ4n) is 5.19. The molecule has 1 unspecified atom stereocenters. The van der Waals surface area contributed by atoms with Crippen LogP contribution >= 0.6 is 24.8 Å². The number of likely N-dealkylation sites (tertiary alicyclic amines) is 1. The molecule has 2 aromatic carbocycles. The molecule has 0 aromatic heterocycles. The van der Waals surface area contributed by atoms with Gasteiger partial charge in [0.2, 0.25) is 5.91 Å². The van der Waals surface area contributed by atoms with Crippen LogP contribution in [-0.2, 0) is 10.2 Å². The van der Waals surface area contributed by atoms with Crippen molar-refractivity contribution in [3.05, 3.63) is 48.0 Å². The van der Waals surface area contributed by atoms with Crippen molar-refractivity contribution in [1.29, 1.82) is 0 Å². The predicted molar refractivity (Wildman–Crippen MR) is 146 cm³/mol. The maximum absolute atomic E-state index is 12.8. The van der Waals surface area contributed by atoms with Gasteiger partial charge in [0.1, 0.15) is 0 Å². The smallest absolute Gasteiger partial charge is 0.234 e. The summed E-state index contributed by atoms with van der Waals surface area (Å²) in [6.45, 7) is 13.0. The molecule has 1 N–H and O–H groups in total. The number of benzene rings is 2. The second-order valence-corrected chi connectivity index (χ2v) is 9.09. The van der Waals surface area contributed by atoms with Gasteiger partial charge in [-0.25, -0.2) is 0 Å². The number of carbonyl (C=O) groups excluding carboxylic acids is 1. The number of fused-ring (bicyclic) bond motifs is 1. The maximum atomic E-state index is 12.8. The lowest BCUT2D eigenvalue weighted by Crippen LogP contribution is -2.46. The molecular formula is C27H43Cl2N3O. The fourth-order valence-corrected chi connectivity index (χ4v) is 5.19. The highest BCUT2D eigenvalue weighted by Crippen LogP contribution is 2.37. The second kappa shape index (κ2) is 14.8. The second-order valence-electron chi connectivity index (χ2n) is 9.09. The first-order valence-corrected chi connectivity index (χ1v) is 12.3. The number of hydrogen-bond donors (Lipinski definition) is 1. The van der Waals surface area contributed by atoms with Gasteiger partial charge in [0.05, 0.1) is 6.54 Å². The molecule has 1 amide bonds. The van der Waals surface area contributed by atoms with Crippen molar-refractivity contribution in [2.75, 3.05) is 45.8 Å². The summed E-state index contributed by atoms with van der Waals surface area (Å²) in [6, 6.07) is 15.4. The van der Waals surface area contributed by atoms with Gasteiger partial charge in [-0.15, -0.1) is 24.8 Å². The fraction of sp³-hybridized carbons (Fsp3) is 0.593. The molecule has 1 aliphatic heterocycles. The molecule has 33 heavy (non-hydrogen) atoms. The molecular weight excluding hydrogens is 453 g/mol. The van der Waals surface area contributed by atoms with Crippen molar-refractivity contribution in [2.24, 2.45) is 0 Å². The van der Waals surface area contributed by atoms with Gasteiger partial charge in [-0.3, -0.25) is 9.69 Å². The first-order valence-electron chi connectivity index (χ1n) is 12.3. The molecule has 1 heterocycles. The number of likely N-dealkylation sites (N-methyl/N-ethyl adjacent to an activating group) is 1. The molecule has 1 atom stereocenters. The van der Waals surface area contributed by atoms with Crippen LogP contribution in [-0.4, -0.2) is 61.5 Å². The number of hydrogen-bond acceptors (Lipinski definition) is 3. The molecule has 4 nitrogen and oxygen atoms in total. The number of nitrogens with one attached hydrogen (secondary N) is 1. The average molecular weight is 497 g/mol. The first kappa shape index (κ1) is 29.7. The third-order valence-electron chi connectivity index (χ3n) is 7.08. The van der Waals surface area contributed by atoms with Gasteiger partial charge in [-0.1, -0.05) is 69.7 Å². The molecule has 0 saturated carbocycles. The summed E-state index contributed by atoms with van der Waals surface area (Å²) >= 11 is 0. The molecule has 0 bridgehead atoms. The summed E-state index contributed by atoms with van der Waals surface area (Å²) in [5, 5.41) is 5.97. The van der Waals surface area contributed by atoms with E-state index in [9.17, 15) is 4.79 Å². The van der Waals surface area contributed by atoms with Gasteiger partial charge < -0.3 is 10.2 Å². The molecule has 1 aliphatic rings. The number of halogens is 2. The van der Waals surface area contributed by atoms with E-state index in [4.69, 9.17) is 0 Å². The lowest BCUT2D eigenvalue weighted by atomic mass is 9.72. The minimum atomic E-state index is -0.0445. The number of carbonyl (C=O) groups is 1. The van der Waals surface area contributed by atoms with Crippen LogP contribution in [0.15, 0.2) is 42.5 Å². The van der Waals surface area contributed by atoms with E-state index in [0.29, 0.717) is 13.1 Å². The van der Waals surface area contributed by atoms with Crippen LogP contribution in [0.5, 0.6) is 0 Å². The summed E-state index contributed by atoms with van der Waals surface area (Å²) in [5.74, 6) is 0.144.